The van der Waals surface area contributed by atoms with E-state index in [1.54, 1.807) is 6.33 Å². The molecule has 0 saturated carbocycles. The van der Waals surface area contributed by atoms with Gasteiger partial charge in [-0.1, -0.05) is 22.9 Å². The SMILES string of the molecule is CCc1c[nH]c2ncnc(NC3CCCSc4ccc(Br)cc43)c12. The van der Waals surface area contributed by atoms with Gasteiger partial charge in [0.05, 0.1) is 11.4 Å². The van der Waals surface area contributed by atoms with E-state index in [0.29, 0.717) is 0 Å². The Morgan fingerprint density at radius 2 is 2.29 bits per heavy atom. The number of H-pyrrole nitrogens is 1. The lowest BCUT2D eigenvalue weighted by Crippen LogP contribution is -2.12. The second-order valence-corrected chi connectivity index (χ2v) is 8.04. The van der Waals surface area contributed by atoms with E-state index in [-0.39, 0.29) is 6.04 Å². The van der Waals surface area contributed by atoms with Crippen molar-refractivity contribution in [2.24, 2.45) is 0 Å². The predicted octanol–water partition coefficient (Wildman–Crippen LogP) is 5.32. The average Bonchev–Trinajstić information content (AvgIpc) is 2.93. The van der Waals surface area contributed by atoms with Crippen LogP contribution in [0.4, 0.5) is 5.82 Å². The molecule has 1 aromatic carbocycles. The Balaban J connectivity index is 1.76. The van der Waals surface area contributed by atoms with Gasteiger partial charge in [-0.3, -0.25) is 0 Å². The van der Waals surface area contributed by atoms with Crippen molar-refractivity contribution < 1.29 is 0 Å². The van der Waals surface area contributed by atoms with Crippen LogP contribution in [0.1, 0.15) is 36.9 Å². The molecule has 4 nitrogen and oxygen atoms in total. The minimum atomic E-state index is 0.269. The van der Waals surface area contributed by atoms with E-state index in [9.17, 15) is 0 Å². The fourth-order valence-corrected chi connectivity index (χ4v) is 4.72. The average molecular weight is 403 g/mol. The number of anilines is 1. The molecule has 0 aliphatic carbocycles. The molecule has 0 saturated heterocycles. The van der Waals surface area contributed by atoms with Crippen molar-refractivity contribution in [2.45, 2.75) is 37.1 Å². The smallest absolute Gasteiger partial charge is 0.143 e. The molecule has 124 valence electrons. The molecule has 0 amide bonds. The van der Waals surface area contributed by atoms with Gasteiger partial charge in [-0.2, -0.15) is 0 Å². The molecule has 24 heavy (non-hydrogen) atoms. The Kier molecular flexibility index (Phi) is 4.50. The summed E-state index contributed by atoms with van der Waals surface area (Å²) in [5.74, 6) is 2.09. The fourth-order valence-electron chi connectivity index (χ4n) is 3.28. The first-order valence-electron chi connectivity index (χ1n) is 8.26. The fraction of sp³-hybridized carbons (Fsp3) is 0.333. The molecule has 1 aliphatic heterocycles. The molecular formula is C18H19BrN4S. The van der Waals surface area contributed by atoms with Crippen molar-refractivity contribution in [1.82, 2.24) is 15.0 Å². The van der Waals surface area contributed by atoms with Crippen molar-refractivity contribution in [3.63, 3.8) is 0 Å². The quantitative estimate of drug-likeness (QED) is 0.621. The summed E-state index contributed by atoms with van der Waals surface area (Å²) in [6.07, 6.45) is 6.93. The zero-order chi connectivity index (χ0) is 16.5. The highest BCUT2D eigenvalue weighted by Gasteiger charge is 2.21. The largest absolute Gasteiger partial charge is 0.363 e. The normalized spacial score (nSPS) is 17.5. The van der Waals surface area contributed by atoms with Crippen LogP contribution in [0, 0.1) is 0 Å². The summed E-state index contributed by atoms with van der Waals surface area (Å²) in [4.78, 5) is 13.5. The Labute approximate surface area is 154 Å². The molecule has 0 spiro atoms. The van der Waals surface area contributed by atoms with E-state index < -0.39 is 0 Å². The molecule has 1 aliphatic rings. The van der Waals surface area contributed by atoms with E-state index >= 15 is 0 Å². The van der Waals surface area contributed by atoms with Crippen LogP contribution in [0.2, 0.25) is 0 Å². The third kappa shape index (κ3) is 2.93. The summed E-state index contributed by atoms with van der Waals surface area (Å²) in [5.41, 5.74) is 3.51. The highest BCUT2D eigenvalue weighted by atomic mass is 79.9. The van der Waals surface area contributed by atoms with Gasteiger partial charge in [0.25, 0.3) is 0 Å². The number of halogens is 1. The van der Waals surface area contributed by atoms with E-state index in [2.05, 4.69) is 61.3 Å². The molecule has 0 fully saturated rings. The molecule has 3 aromatic rings. The molecule has 0 radical (unpaired) electrons. The van der Waals surface area contributed by atoms with E-state index in [0.717, 1.165) is 39.9 Å². The maximum atomic E-state index is 4.55. The number of nitrogens with zero attached hydrogens (tertiary/aromatic N) is 2. The lowest BCUT2D eigenvalue weighted by molar-refractivity contribution is 0.677. The first-order valence-corrected chi connectivity index (χ1v) is 10.0. The molecule has 2 aromatic heterocycles. The van der Waals surface area contributed by atoms with Crippen LogP contribution >= 0.6 is 27.7 Å². The molecule has 0 bridgehead atoms. The second kappa shape index (κ2) is 6.76. The number of nitrogens with one attached hydrogen (secondary N) is 2. The van der Waals surface area contributed by atoms with Gasteiger partial charge in [0.15, 0.2) is 0 Å². The number of aromatic amines is 1. The Morgan fingerprint density at radius 1 is 1.38 bits per heavy atom. The second-order valence-electron chi connectivity index (χ2n) is 5.98. The van der Waals surface area contributed by atoms with Gasteiger partial charge in [0, 0.05) is 15.6 Å². The van der Waals surface area contributed by atoms with Crippen LogP contribution in [-0.2, 0) is 6.42 Å². The minimum Gasteiger partial charge on any atom is -0.363 e. The Morgan fingerprint density at radius 3 is 3.17 bits per heavy atom. The number of aryl methyl sites for hydroxylation is 1. The number of fused-ring (bicyclic) bond motifs is 2. The van der Waals surface area contributed by atoms with Gasteiger partial charge in [0.2, 0.25) is 0 Å². The topological polar surface area (TPSA) is 53.6 Å². The lowest BCUT2D eigenvalue weighted by Gasteiger charge is -2.20. The minimum absolute atomic E-state index is 0.269. The van der Waals surface area contributed by atoms with E-state index in [1.807, 2.05) is 18.0 Å². The van der Waals surface area contributed by atoms with Gasteiger partial charge in [-0.05, 0) is 54.3 Å². The summed E-state index contributed by atoms with van der Waals surface area (Å²) >= 11 is 5.56. The van der Waals surface area contributed by atoms with Gasteiger partial charge in [-0.25, -0.2) is 9.97 Å². The maximum Gasteiger partial charge on any atom is 0.143 e. The molecule has 1 atom stereocenters. The van der Waals surface area contributed by atoms with Crippen LogP contribution in [0.3, 0.4) is 0 Å². The predicted molar refractivity (Wildman–Crippen MR) is 104 cm³/mol. The number of rotatable bonds is 3. The maximum absolute atomic E-state index is 4.55. The highest BCUT2D eigenvalue weighted by Crippen LogP contribution is 2.38. The van der Waals surface area contributed by atoms with Crippen molar-refractivity contribution in [3.8, 4) is 0 Å². The van der Waals surface area contributed by atoms with Crippen LogP contribution < -0.4 is 5.32 Å². The molecule has 1 unspecified atom stereocenters. The molecule has 2 N–H and O–H groups in total. The number of thioether (sulfide) groups is 1. The van der Waals surface area contributed by atoms with Crippen LogP contribution in [0.25, 0.3) is 11.0 Å². The van der Waals surface area contributed by atoms with Crippen LogP contribution in [0.15, 0.2) is 40.1 Å². The number of hydrogen-bond acceptors (Lipinski definition) is 4. The summed E-state index contributed by atoms with van der Waals surface area (Å²) in [6.45, 7) is 2.16. The number of hydrogen-bond donors (Lipinski definition) is 2. The first-order chi connectivity index (χ1) is 11.8. The first kappa shape index (κ1) is 16.0. The molecule has 6 heteroatoms. The van der Waals surface area contributed by atoms with Crippen molar-refractivity contribution in [1.29, 1.82) is 0 Å². The lowest BCUT2D eigenvalue weighted by atomic mass is 10.0. The number of aromatic nitrogens is 3. The van der Waals surface area contributed by atoms with Gasteiger partial charge in [0.1, 0.15) is 17.8 Å². The molecular weight excluding hydrogens is 384 g/mol. The summed E-state index contributed by atoms with van der Waals surface area (Å²) < 4.78 is 1.12. The van der Waals surface area contributed by atoms with Crippen LogP contribution in [-0.4, -0.2) is 20.7 Å². The number of benzene rings is 1. The van der Waals surface area contributed by atoms with Gasteiger partial charge < -0.3 is 10.3 Å². The summed E-state index contributed by atoms with van der Waals surface area (Å²) in [7, 11) is 0. The Hall–Kier alpha value is -1.53. The van der Waals surface area contributed by atoms with Gasteiger partial charge >= 0.3 is 0 Å². The molecule has 4 rings (SSSR count). The van der Waals surface area contributed by atoms with Crippen molar-refractivity contribution >= 4 is 44.5 Å². The van der Waals surface area contributed by atoms with Crippen LogP contribution in [0.5, 0.6) is 0 Å². The van der Waals surface area contributed by atoms with E-state index in [1.165, 1.54) is 22.4 Å². The monoisotopic (exact) mass is 402 g/mol. The summed E-state index contributed by atoms with van der Waals surface area (Å²) in [6, 6.07) is 6.85. The van der Waals surface area contributed by atoms with E-state index in [4.69, 9.17) is 0 Å². The van der Waals surface area contributed by atoms with Gasteiger partial charge in [-0.15, -0.1) is 11.8 Å². The zero-order valence-corrected chi connectivity index (χ0v) is 15.9. The Bertz CT molecular complexity index is 877. The third-order valence-corrected chi connectivity index (χ3v) is 6.15. The van der Waals surface area contributed by atoms with Crippen molar-refractivity contribution in [2.75, 3.05) is 11.1 Å². The standard InChI is InChI=1S/C18H19BrN4S/c1-2-11-9-20-17-16(11)18(22-10-21-17)23-14-4-3-7-24-15-6-5-12(19)8-13(14)15/h5-6,8-10,14H,2-4,7H2,1H3,(H2,20,21,22,23). The third-order valence-electron chi connectivity index (χ3n) is 4.49. The highest BCUT2D eigenvalue weighted by molar-refractivity contribution is 9.10. The molecule has 3 heterocycles. The van der Waals surface area contributed by atoms with Crippen molar-refractivity contribution in [3.05, 3.63) is 46.3 Å². The summed E-state index contributed by atoms with van der Waals surface area (Å²) in [5, 5.41) is 4.82. The zero-order valence-electron chi connectivity index (χ0n) is 13.5.